The molecule has 0 unspecified atom stereocenters. The van der Waals surface area contributed by atoms with E-state index in [2.05, 4.69) is 27.1 Å². The number of nitrogens with zero attached hydrogens (tertiary/aromatic N) is 3. The highest BCUT2D eigenvalue weighted by Crippen LogP contribution is 2.20. The first-order valence-corrected chi connectivity index (χ1v) is 6.52. The van der Waals surface area contributed by atoms with Gasteiger partial charge in [0.2, 0.25) is 11.9 Å². The quantitative estimate of drug-likeness (QED) is 0.867. The van der Waals surface area contributed by atoms with Gasteiger partial charge in [-0.15, -0.1) is 0 Å². The Kier molecular flexibility index (Phi) is 4.12. The van der Waals surface area contributed by atoms with Crippen LogP contribution in [0, 0.1) is 5.92 Å². The van der Waals surface area contributed by atoms with Crippen LogP contribution in [-0.4, -0.2) is 36.0 Å². The van der Waals surface area contributed by atoms with E-state index in [1.54, 1.807) is 7.05 Å². The molecule has 0 aromatic carbocycles. The van der Waals surface area contributed by atoms with Gasteiger partial charge in [0.25, 0.3) is 0 Å². The Hall–Kier alpha value is -1.65. The predicted molar refractivity (Wildman–Crippen MR) is 70.4 cm³/mol. The molecule has 0 saturated carbocycles. The van der Waals surface area contributed by atoms with E-state index in [4.69, 9.17) is 0 Å². The first-order chi connectivity index (χ1) is 8.74. The molecule has 2 heterocycles. The molecule has 1 aliphatic rings. The number of nitrogens with one attached hydrogen (secondary N) is 1. The first-order valence-electron chi connectivity index (χ1n) is 6.52. The molecule has 18 heavy (non-hydrogen) atoms. The van der Waals surface area contributed by atoms with Crippen LogP contribution in [0.1, 0.15) is 25.3 Å². The van der Waals surface area contributed by atoms with Crippen molar-refractivity contribution in [1.29, 1.82) is 0 Å². The van der Waals surface area contributed by atoms with Gasteiger partial charge < -0.3 is 10.2 Å². The van der Waals surface area contributed by atoms with Gasteiger partial charge in [0, 0.05) is 38.4 Å². The third-order valence-electron chi connectivity index (χ3n) is 3.49. The van der Waals surface area contributed by atoms with Crippen molar-refractivity contribution in [3.63, 3.8) is 0 Å². The van der Waals surface area contributed by atoms with E-state index in [-0.39, 0.29) is 11.8 Å². The average Bonchev–Trinajstić information content (AvgIpc) is 2.47. The summed E-state index contributed by atoms with van der Waals surface area (Å²) in [6.45, 7) is 3.79. The molecule has 1 saturated heterocycles. The Bertz CT molecular complexity index is 396. The van der Waals surface area contributed by atoms with Crippen molar-refractivity contribution < 1.29 is 4.79 Å². The van der Waals surface area contributed by atoms with Crippen molar-refractivity contribution in [2.75, 3.05) is 25.0 Å². The highest BCUT2D eigenvalue weighted by atomic mass is 16.1. The number of piperidine rings is 1. The maximum Gasteiger partial charge on any atom is 0.225 e. The number of amides is 1. The fourth-order valence-corrected chi connectivity index (χ4v) is 2.24. The number of aryl methyl sites for hydroxylation is 1. The molecular weight excluding hydrogens is 228 g/mol. The molecule has 1 N–H and O–H groups in total. The van der Waals surface area contributed by atoms with Crippen molar-refractivity contribution in [2.24, 2.45) is 5.92 Å². The summed E-state index contributed by atoms with van der Waals surface area (Å²) in [5.74, 6) is 1.07. The molecule has 0 spiro atoms. The predicted octanol–water partition coefficient (Wildman–Crippen LogP) is 1.00. The van der Waals surface area contributed by atoms with Gasteiger partial charge in [-0.3, -0.25) is 4.79 Å². The van der Waals surface area contributed by atoms with Gasteiger partial charge in [0.05, 0.1) is 0 Å². The van der Waals surface area contributed by atoms with Gasteiger partial charge >= 0.3 is 0 Å². The zero-order valence-electron chi connectivity index (χ0n) is 11.0. The summed E-state index contributed by atoms with van der Waals surface area (Å²) in [4.78, 5) is 22.4. The van der Waals surface area contributed by atoms with Crippen LogP contribution in [0.3, 0.4) is 0 Å². The highest BCUT2D eigenvalue weighted by molar-refractivity contribution is 5.78. The second kappa shape index (κ2) is 5.80. The third-order valence-corrected chi connectivity index (χ3v) is 3.49. The van der Waals surface area contributed by atoms with E-state index in [0.717, 1.165) is 43.9 Å². The fourth-order valence-electron chi connectivity index (χ4n) is 2.24. The van der Waals surface area contributed by atoms with Gasteiger partial charge in [-0.2, -0.15) is 0 Å². The van der Waals surface area contributed by atoms with E-state index >= 15 is 0 Å². The van der Waals surface area contributed by atoms with Crippen molar-refractivity contribution in [3.8, 4) is 0 Å². The fraction of sp³-hybridized carbons (Fsp3) is 0.615. The number of hydrogen-bond acceptors (Lipinski definition) is 4. The van der Waals surface area contributed by atoms with Crippen LogP contribution in [0.2, 0.25) is 0 Å². The Balaban J connectivity index is 1.94. The van der Waals surface area contributed by atoms with Gasteiger partial charge in [0.15, 0.2) is 0 Å². The van der Waals surface area contributed by atoms with Crippen LogP contribution in [0.15, 0.2) is 12.4 Å². The third kappa shape index (κ3) is 2.78. The Labute approximate surface area is 108 Å². The summed E-state index contributed by atoms with van der Waals surface area (Å²) in [6, 6.07) is 0. The number of carbonyl (C=O) groups is 1. The lowest BCUT2D eigenvalue weighted by Gasteiger charge is -2.31. The molecule has 1 fully saturated rings. The van der Waals surface area contributed by atoms with E-state index in [1.165, 1.54) is 0 Å². The van der Waals surface area contributed by atoms with Crippen LogP contribution in [-0.2, 0) is 11.2 Å². The molecule has 5 nitrogen and oxygen atoms in total. The van der Waals surface area contributed by atoms with Crippen LogP contribution >= 0.6 is 0 Å². The van der Waals surface area contributed by atoms with Crippen molar-refractivity contribution in [1.82, 2.24) is 15.3 Å². The van der Waals surface area contributed by atoms with Crippen LogP contribution < -0.4 is 10.2 Å². The molecule has 1 aromatic rings. The first kappa shape index (κ1) is 12.8. The van der Waals surface area contributed by atoms with E-state index in [0.29, 0.717) is 0 Å². The molecular formula is C13H20N4O. The van der Waals surface area contributed by atoms with Gasteiger partial charge in [-0.1, -0.05) is 6.92 Å². The smallest absolute Gasteiger partial charge is 0.225 e. The molecule has 2 rings (SSSR count). The van der Waals surface area contributed by atoms with Gasteiger partial charge in [-0.05, 0) is 24.8 Å². The van der Waals surface area contributed by atoms with Gasteiger partial charge in [-0.25, -0.2) is 9.97 Å². The molecule has 0 radical (unpaired) electrons. The maximum atomic E-state index is 11.5. The maximum absolute atomic E-state index is 11.5. The molecule has 1 amide bonds. The second-order valence-corrected chi connectivity index (χ2v) is 4.62. The standard InChI is InChI=1S/C13H20N4O/c1-3-10-8-15-13(16-9-10)17-6-4-11(5-7-17)12(18)14-2/h8-9,11H,3-7H2,1-2H3,(H,14,18). The number of aromatic nitrogens is 2. The SMILES string of the molecule is CCc1cnc(N2CCC(C(=O)NC)CC2)nc1. The summed E-state index contributed by atoms with van der Waals surface area (Å²) in [6.07, 6.45) is 6.47. The average molecular weight is 248 g/mol. The van der Waals surface area contributed by atoms with Crippen LogP contribution in [0.4, 0.5) is 5.95 Å². The second-order valence-electron chi connectivity index (χ2n) is 4.62. The summed E-state index contributed by atoms with van der Waals surface area (Å²) in [5, 5.41) is 2.72. The number of rotatable bonds is 3. The number of anilines is 1. The lowest BCUT2D eigenvalue weighted by Crippen LogP contribution is -2.40. The summed E-state index contributed by atoms with van der Waals surface area (Å²) in [7, 11) is 1.70. The van der Waals surface area contributed by atoms with Crippen LogP contribution in [0.25, 0.3) is 0 Å². The van der Waals surface area contributed by atoms with Crippen molar-refractivity contribution >= 4 is 11.9 Å². The molecule has 1 aliphatic heterocycles. The molecule has 0 bridgehead atoms. The lowest BCUT2D eigenvalue weighted by atomic mass is 9.96. The van der Waals surface area contributed by atoms with Crippen LogP contribution in [0.5, 0.6) is 0 Å². The zero-order chi connectivity index (χ0) is 13.0. The summed E-state index contributed by atoms with van der Waals surface area (Å²) < 4.78 is 0. The normalized spacial score (nSPS) is 16.7. The molecule has 98 valence electrons. The highest BCUT2D eigenvalue weighted by Gasteiger charge is 2.25. The molecule has 0 atom stereocenters. The topological polar surface area (TPSA) is 58.1 Å². The van der Waals surface area contributed by atoms with E-state index < -0.39 is 0 Å². The minimum Gasteiger partial charge on any atom is -0.359 e. The van der Waals surface area contributed by atoms with E-state index in [1.807, 2.05) is 12.4 Å². The van der Waals surface area contributed by atoms with Gasteiger partial charge in [0.1, 0.15) is 0 Å². The molecule has 1 aromatic heterocycles. The molecule has 0 aliphatic carbocycles. The Morgan fingerprint density at radius 3 is 2.50 bits per heavy atom. The minimum absolute atomic E-state index is 0.140. The number of carbonyl (C=O) groups excluding carboxylic acids is 1. The molecule has 5 heteroatoms. The largest absolute Gasteiger partial charge is 0.359 e. The van der Waals surface area contributed by atoms with Crippen molar-refractivity contribution in [3.05, 3.63) is 18.0 Å². The summed E-state index contributed by atoms with van der Waals surface area (Å²) in [5.41, 5.74) is 1.15. The van der Waals surface area contributed by atoms with E-state index in [9.17, 15) is 4.79 Å². The lowest BCUT2D eigenvalue weighted by molar-refractivity contribution is -0.125. The monoisotopic (exact) mass is 248 g/mol. The minimum atomic E-state index is 0.140. The zero-order valence-corrected chi connectivity index (χ0v) is 11.0. The number of hydrogen-bond donors (Lipinski definition) is 1. The summed E-state index contributed by atoms with van der Waals surface area (Å²) >= 11 is 0. The Morgan fingerprint density at radius 2 is 2.00 bits per heavy atom. The Morgan fingerprint density at radius 1 is 1.39 bits per heavy atom. The van der Waals surface area contributed by atoms with Crippen molar-refractivity contribution in [2.45, 2.75) is 26.2 Å².